The van der Waals surface area contributed by atoms with Crippen molar-refractivity contribution in [1.29, 1.82) is 0 Å². The number of anilines is 1. The minimum absolute atomic E-state index is 0.440. The van der Waals surface area contributed by atoms with Crippen LogP contribution in [0.1, 0.15) is 29.2 Å². The second-order valence-corrected chi connectivity index (χ2v) is 4.83. The normalized spacial score (nSPS) is 15.0. The summed E-state index contributed by atoms with van der Waals surface area (Å²) in [5.41, 5.74) is 8.83. The molecule has 5 heteroatoms. The van der Waals surface area contributed by atoms with E-state index in [0.717, 1.165) is 25.2 Å². The van der Waals surface area contributed by atoms with Crippen molar-refractivity contribution in [3.63, 3.8) is 0 Å². The number of nitrogens with two attached hydrogens (primary N) is 1. The van der Waals surface area contributed by atoms with E-state index in [1.54, 1.807) is 6.20 Å². The van der Waals surface area contributed by atoms with Crippen molar-refractivity contribution >= 4 is 5.82 Å². The zero-order valence-electron chi connectivity index (χ0n) is 10.6. The average Bonchev–Trinajstić information content (AvgIpc) is 3.03. The van der Waals surface area contributed by atoms with Gasteiger partial charge < -0.3 is 15.6 Å². The van der Waals surface area contributed by atoms with Gasteiger partial charge in [-0.25, -0.2) is 0 Å². The number of aliphatic hydroxyl groups excluding tert-OH is 1. The largest absolute Gasteiger partial charge is 0.493 e. The Morgan fingerprint density at radius 3 is 3.16 bits per heavy atom. The summed E-state index contributed by atoms with van der Waals surface area (Å²) in [7, 11) is 0. The first-order valence-corrected chi connectivity index (χ1v) is 6.45. The predicted octanol–water partition coefficient (Wildman–Crippen LogP) is 1.59. The number of aromatic amines is 1. The summed E-state index contributed by atoms with van der Waals surface area (Å²) in [6.45, 7) is 0.771. The number of hydrogen-bond donors (Lipinski definition) is 3. The van der Waals surface area contributed by atoms with Crippen LogP contribution in [0.3, 0.4) is 0 Å². The fraction of sp³-hybridized carbons (Fsp3) is 0.357. The smallest absolute Gasteiger partial charge is 0.124 e. The number of rotatable bonds is 4. The molecule has 0 bridgehead atoms. The lowest BCUT2D eigenvalue weighted by Crippen LogP contribution is -2.02. The van der Waals surface area contributed by atoms with E-state index in [2.05, 4.69) is 22.3 Å². The lowest BCUT2D eigenvalue weighted by Gasteiger charge is -2.10. The lowest BCUT2D eigenvalue weighted by atomic mass is 10.0. The third-order valence-electron chi connectivity index (χ3n) is 3.52. The van der Waals surface area contributed by atoms with Crippen LogP contribution in [-0.2, 0) is 12.8 Å². The molecule has 19 heavy (non-hydrogen) atoms. The van der Waals surface area contributed by atoms with E-state index in [9.17, 15) is 5.11 Å². The number of H-pyrrole nitrogens is 1. The number of nitrogen functional groups attached to an aromatic ring is 1. The van der Waals surface area contributed by atoms with Gasteiger partial charge in [0.1, 0.15) is 11.6 Å². The van der Waals surface area contributed by atoms with Crippen LogP contribution in [0.5, 0.6) is 5.75 Å². The Kier molecular flexibility index (Phi) is 3.13. The average molecular weight is 259 g/mol. The topological polar surface area (TPSA) is 84.2 Å². The van der Waals surface area contributed by atoms with Crippen molar-refractivity contribution in [2.45, 2.75) is 25.4 Å². The maximum absolute atomic E-state index is 10.1. The molecule has 2 aromatic rings. The number of hydrogen-bond acceptors (Lipinski definition) is 4. The summed E-state index contributed by atoms with van der Waals surface area (Å²) in [6.07, 6.45) is 3.41. The van der Waals surface area contributed by atoms with Gasteiger partial charge in [0.15, 0.2) is 0 Å². The Labute approximate surface area is 111 Å². The van der Waals surface area contributed by atoms with Crippen LogP contribution < -0.4 is 10.5 Å². The molecule has 100 valence electrons. The van der Waals surface area contributed by atoms with Crippen molar-refractivity contribution in [2.24, 2.45) is 0 Å². The zero-order valence-corrected chi connectivity index (χ0v) is 10.6. The van der Waals surface area contributed by atoms with Crippen LogP contribution in [0.15, 0.2) is 24.4 Å². The molecule has 0 spiro atoms. The maximum atomic E-state index is 10.1. The third-order valence-corrected chi connectivity index (χ3v) is 3.52. The van der Waals surface area contributed by atoms with Gasteiger partial charge in [0.05, 0.1) is 18.9 Å². The van der Waals surface area contributed by atoms with E-state index < -0.39 is 6.10 Å². The number of aryl methyl sites for hydroxylation is 1. The number of aromatic nitrogens is 2. The highest BCUT2D eigenvalue weighted by Gasteiger charge is 2.15. The molecular formula is C14H17N3O2. The number of ether oxygens (including phenoxy) is 1. The molecule has 2 heterocycles. The highest BCUT2D eigenvalue weighted by Crippen LogP contribution is 2.28. The minimum atomic E-state index is -0.580. The van der Waals surface area contributed by atoms with E-state index in [1.165, 1.54) is 11.1 Å². The number of aliphatic hydroxyl groups is 1. The van der Waals surface area contributed by atoms with Gasteiger partial charge in [0.2, 0.25) is 0 Å². The fourth-order valence-corrected chi connectivity index (χ4v) is 2.43. The first kappa shape index (κ1) is 12.0. The molecule has 1 aromatic carbocycles. The molecule has 1 atom stereocenters. The summed E-state index contributed by atoms with van der Waals surface area (Å²) >= 11 is 0. The van der Waals surface area contributed by atoms with Crippen LogP contribution in [0.4, 0.5) is 5.82 Å². The first-order chi connectivity index (χ1) is 9.24. The van der Waals surface area contributed by atoms with Crippen LogP contribution in [-0.4, -0.2) is 21.9 Å². The first-order valence-electron chi connectivity index (χ1n) is 6.45. The molecule has 1 aliphatic heterocycles. The molecule has 0 amide bonds. The van der Waals surface area contributed by atoms with Crippen LogP contribution in [0.25, 0.3) is 0 Å². The van der Waals surface area contributed by atoms with Crippen LogP contribution >= 0.6 is 0 Å². The van der Waals surface area contributed by atoms with E-state index in [4.69, 9.17) is 10.5 Å². The monoisotopic (exact) mass is 259 g/mol. The predicted molar refractivity (Wildman–Crippen MR) is 71.9 cm³/mol. The summed E-state index contributed by atoms with van der Waals surface area (Å²) < 4.78 is 5.48. The van der Waals surface area contributed by atoms with Gasteiger partial charge in [-0.3, -0.25) is 5.10 Å². The molecule has 1 unspecified atom stereocenters. The summed E-state index contributed by atoms with van der Waals surface area (Å²) in [5, 5.41) is 16.5. The Hall–Kier alpha value is -2.01. The van der Waals surface area contributed by atoms with Crippen LogP contribution in [0.2, 0.25) is 0 Å². The van der Waals surface area contributed by atoms with E-state index >= 15 is 0 Å². The molecule has 0 fully saturated rings. The van der Waals surface area contributed by atoms with E-state index in [-0.39, 0.29) is 0 Å². The van der Waals surface area contributed by atoms with Crippen LogP contribution in [0, 0.1) is 0 Å². The summed E-state index contributed by atoms with van der Waals surface area (Å²) in [6, 6.07) is 6.22. The van der Waals surface area contributed by atoms with Crippen molar-refractivity contribution < 1.29 is 9.84 Å². The Bertz CT molecular complexity index is 580. The van der Waals surface area contributed by atoms with Crippen molar-refractivity contribution in [3.05, 3.63) is 41.1 Å². The van der Waals surface area contributed by atoms with Gasteiger partial charge in [-0.15, -0.1) is 0 Å². The van der Waals surface area contributed by atoms with E-state index in [0.29, 0.717) is 17.8 Å². The molecule has 0 saturated carbocycles. The molecular weight excluding hydrogens is 242 g/mol. The standard InChI is InChI=1S/C14H17N3O2/c15-14-11(8-16-17-14)12(18)3-1-9-2-4-13-10(7-9)5-6-19-13/h2,4,7-8,12,18H,1,3,5-6H2,(H3,15,16,17). The van der Waals surface area contributed by atoms with Gasteiger partial charge in [0, 0.05) is 12.0 Å². The fourth-order valence-electron chi connectivity index (χ4n) is 2.43. The molecule has 0 aliphatic carbocycles. The summed E-state index contributed by atoms with van der Waals surface area (Å²) in [5.74, 6) is 1.43. The van der Waals surface area contributed by atoms with Gasteiger partial charge in [-0.1, -0.05) is 12.1 Å². The molecule has 0 radical (unpaired) electrons. The quantitative estimate of drug-likeness (QED) is 0.778. The SMILES string of the molecule is Nc1[nH]ncc1C(O)CCc1ccc2c(c1)CCO2. The Balaban J connectivity index is 1.65. The molecule has 1 aliphatic rings. The summed E-state index contributed by atoms with van der Waals surface area (Å²) in [4.78, 5) is 0. The van der Waals surface area contributed by atoms with Gasteiger partial charge >= 0.3 is 0 Å². The second-order valence-electron chi connectivity index (χ2n) is 4.83. The highest BCUT2D eigenvalue weighted by atomic mass is 16.5. The Morgan fingerprint density at radius 1 is 1.47 bits per heavy atom. The Morgan fingerprint density at radius 2 is 2.37 bits per heavy atom. The van der Waals surface area contributed by atoms with Crippen molar-refractivity contribution in [3.8, 4) is 5.75 Å². The highest BCUT2D eigenvalue weighted by molar-refractivity contribution is 5.40. The van der Waals surface area contributed by atoms with Crippen molar-refractivity contribution in [2.75, 3.05) is 12.3 Å². The molecule has 4 N–H and O–H groups in total. The molecule has 0 saturated heterocycles. The third kappa shape index (κ3) is 2.42. The maximum Gasteiger partial charge on any atom is 0.124 e. The molecule has 5 nitrogen and oxygen atoms in total. The number of benzene rings is 1. The second kappa shape index (κ2) is 4.93. The molecule has 3 rings (SSSR count). The minimum Gasteiger partial charge on any atom is -0.493 e. The number of fused-ring (bicyclic) bond motifs is 1. The van der Waals surface area contributed by atoms with E-state index in [1.807, 2.05) is 6.07 Å². The number of nitrogens with zero attached hydrogens (tertiary/aromatic N) is 1. The van der Waals surface area contributed by atoms with Gasteiger partial charge in [0.25, 0.3) is 0 Å². The molecule has 1 aromatic heterocycles. The van der Waals surface area contributed by atoms with Gasteiger partial charge in [-0.2, -0.15) is 5.10 Å². The number of nitrogens with one attached hydrogen (secondary N) is 1. The van der Waals surface area contributed by atoms with Crippen molar-refractivity contribution in [1.82, 2.24) is 10.2 Å². The zero-order chi connectivity index (χ0) is 13.2. The van der Waals surface area contributed by atoms with Gasteiger partial charge in [-0.05, 0) is 30.0 Å². The lowest BCUT2D eigenvalue weighted by molar-refractivity contribution is 0.168.